The van der Waals surface area contributed by atoms with Crippen LogP contribution in [0.4, 0.5) is 0 Å². The van der Waals surface area contributed by atoms with Gasteiger partial charge in [-0.25, -0.2) is 0 Å². The van der Waals surface area contributed by atoms with Gasteiger partial charge in [-0.3, -0.25) is 4.79 Å². The number of amides is 1. The summed E-state index contributed by atoms with van der Waals surface area (Å²) in [7, 11) is 1.59. The number of benzene rings is 1. The van der Waals surface area contributed by atoms with Gasteiger partial charge in [0, 0.05) is 23.4 Å². The SMILES string of the molecule is COc1ccc(Br)c(C(=O)N2CCC(CCl)C2)c1. The van der Waals surface area contributed by atoms with E-state index in [1.165, 1.54) is 0 Å². The number of likely N-dealkylation sites (tertiary alicyclic amines) is 1. The van der Waals surface area contributed by atoms with E-state index in [-0.39, 0.29) is 5.91 Å². The van der Waals surface area contributed by atoms with Gasteiger partial charge in [0.25, 0.3) is 5.91 Å². The maximum atomic E-state index is 12.4. The molecule has 1 aliphatic heterocycles. The Morgan fingerprint density at radius 2 is 2.39 bits per heavy atom. The van der Waals surface area contributed by atoms with Crippen LogP contribution < -0.4 is 4.74 Å². The number of ether oxygens (including phenoxy) is 1. The Kier molecular flexibility index (Phi) is 4.51. The highest BCUT2D eigenvalue weighted by molar-refractivity contribution is 9.10. The first-order chi connectivity index (χ1) is 8.65. The zero-order valence-corrected chi connectivity index (χ0v) is 12.5. The quantitative estimate of drug-likeness (QED) is 0.796. The van der Waals surface area contributed by atoms with E-state index in [1.807, 2.05) is 17.0 Å². The minimum absolute atomic E-state index is 0.0355. The predicted octanol–water partition coefficient (Wildman–Crippen LogP) is 3.16. The van der Waals surface area contributed by atoms with Crippen molar-refractivity contribution in [2.45, 2.75) is 6.42 Å². The number of halogens is 2. The van der Waals surface area contributed by atoms with Crippen LogP contribution in [0, 0.1) is 5.92 Å². The average molecular weight is 333 g/mol. The van der Waals surface area contributed by atoms with Crippen molar-refractivity contribution in [3.05, 3.63) is 28.2 Å². The largest absolute Gasteiger partial charge is 0.497 e. The van der Waals surface area contributed by atoms with Gasteiger partial charge < -0.3 is 9.64 Å². The number of nitrogens with zero attached hydrogens (tertiary/aromatic N) is 1. The minimum Gasteiger partial charge on any atom is -0.497 e. The number of alkyl halides is 1. The smallest absolute Gasteiger partial charge is 0.255 e. The molecule has 1 aromatic carbocycles. The lowest BCUT2D eigenvalue weighted by Gasteiger charge is -2.17. The summed E-state index contributed by atoms with van der Waals surface area (Å²) in [6.45, 7) is 1.52. The summed E-state index contributed by atoms with van der Waals surface area (Å²) in [5.74, 6) is 1.76. The second-order valence-corrected chi connectivity index (χ2v) is 5.57. The van der Waals surface area contributed by atoms with Crippen molar-refractivity contribution in [1.29, 1.82) is 0 Å². The van der Waals surface area contributed by atoms with E-state index in [0.717, 1.165) is 24.0 Å². The third kappa shape index (κ3) is 2.81. The van der Waals surface area contributed by atoms with Gasteiger partial charge in [0.15, 0.2) is 0 Å². The van der Waals surface area contributed by atoms with Crippen LogP contribution in [0.5, 0.6) is 5.75 Å². The number of hydrogen-bond donors (Lipinski definition) is 0. The fourth-order valence-corrected chi connectivity index (χ4v) is 2.78. The van der Waals surface area contributed by atoms with Gasteiger partial charge in [0.2, 0.25) is 0 Å². The molecule has 5 heteroatoms. The molecule has 0 bridgehead atoms. The maximum absolute atomic E-state index is 12.4. The molecule has 2 rings (SSSR count). The molecule has 1 aromatic rings. The van der Waals surface area contributed by atoms with E-state index in [4.69, 9.17) is 16.3 Å². The molecule has 1 fully saturated rings. The molecule has 0 spiro atoms. The third-order valence-corrected chi connectivity index (χ3v) is 4.32. The molecular formula is C13H15BrClNO2. The topological polar surface area (TPSA) is 29.5 Å². The molecular weight excluding hydrogens is 318 g/mol. The Bertz CT molecular complexity index is 453. The monoisotopic (exact) mass is 331 g/mol. The number of rotatable bonds is 3. The first kappa shape index (κ1) is 13.7. The van der Waals surface area contributed by atoms with Crippen molar-refractivity contribution in [2.75, 3.05) is 26.1 Å². The van der Waals surface area contributed by atoms with Crippen LogP contribution in [-0.2, 0) is 0 Å². The van der Waals surface area contributed by atoms with Gasteiger partial charge >= 0.3 is 0 Å². The van der Waals surface area contributed by atoms with E-state index in [9.17, 15) is 4.79 Å². The van der Waals surface area contributed by atoms with Crippen LogP contribution >= 0.6 is 27.5 Å². The van der Waals surface area contributed by atoms with Crippen LogP contribution in [0.25, 0.3) is 0 Å². The van der Waals surface area contributed by atoms with Gasteiger partial charge in [-0.1, -0.05) is 0 Å². The Labute approximate surface area is 120 Å². The molecule has 0 N–H and O–H groups in total. The highest BCUT2D eigenvalue weighted by Gasteiger charge is 2.27. The van der Waals surface area contributed by atoms with Gasteiger partial charge in [0.1, 0.15) is 5.75 Å². The molecule has 1 heterocycles. The molecule has 18 heavy (non-hydrogen) atoms. The summed E-state index contributed by atoms with van der Waals surface area (Å²) in [6.07, 6.45) is 0.983. The molecule has 0 aliphatic carbocycles. The maximum Gasteiger partial charge on any atom is 0.255 e. The summed E-state index contributed by atoms with van der Waals surface area (Å²) >= 11 is 9.25. The second-order valence-electron chi connectivity index (χ2n) is 4.41. The van der Waals surface area contributed by atoms with Crippen LogP contribution in [0.3, 0.4) is 0 Å². The van der Waals surface area contributed by atoms with E-state index in [0.29, 0.717) is 23.1 Å². The highest BCUT2D eigenvalue weighted by Crippen LogP contribution is 2.26. The predicted molar refractivity (Wildman–Crippen MR) is 75.4 cm³/mol. The van der Waals surface area contributed by atoms with E-state index < -0.39 is 0 Å². The number of methoxy groups -OCH3 is 1. The summed E-state index contributed by atoms with van der Waals surface area (Å²) < 4.78 is 5.95. The number of carbonyl (C=O) groups excluding carboxylic acids is 1. The van der Waals surface area contributed by atoms with Gasteiger partial charge in [-0.2, -0.15) is 0 Å². The molecule has 0 radical (unpaired) electrons. The van der Waals surface area contributed by atoms with Crippen LogP contribution in [0.1, 0.15) is 16.8 Å². The molecule has 1 saturated heterocycles. The number of carbonyl (C=O) groups is 1. The van der Waals surface area contributed by atoms with Crippen molar-refractivity contribution in [3.8, 4) is 5.75 Å². The lowest BCUT2D eigenvalue weighted by Crippen LogP contribution is -2.29. The molecule has 1 unspecified atom stereocenters. The van der Waals surface area contributed by atoms with Crippen molar-refractivity contribution in [2.24, 2.45) is 5.92 Å². The summed E-state index contributed by atoms with van der Waals surface area (Å²) in [4.78, 5) is 14.2. The molecule has 1 atom stereocenters. The lowest BCUT2D eigenvalue weighted by molar-refractivity contribution is 0.0787. The van der Waals surface area contributed by atoms with Gasteiger partial charge in [0.05, 0.1) is 12.7 Å². The fourth-order valence-electron chi connectivity index (χ4n) is 2.11. The average Bonchev–Trinajstić information content (AvgIpc) is 2.87. The molecule has 98 valence electrons. The summed E-state index contributed by atoms with van der Waals surface area (Å²) in [5.41, 5.74) is 0.643. The Morgan fingerprint density at radius 1 is 1.61 bits per heavy atom. The lowest BCUT2D eigenvalue weighted by atomic mass is 10.1. The molecule has 0 aromatic heterocycles. The third-order valence-electron chi connectivity index (χ3n) is 3.20. The Hall–Kier alpha value is -0.740. The Balaban J connectivity index is 2.18. The zero-order chi connectivity index (χ0) is 13.1. The Morgan fingerprint density at radius 3 is 3.00 bits per heavy atom. The fraction of sp³-hybridized carbons (Fsp3) is 0.462. The molecule has 1 amide bonds. The molecule has 3 nitrogen and oxygen atoms in total. The highest BCUT2D eigenvalue weighted by atomic mass is 79.9. The number of hydrogen-bond acceptors (Lipinski definition) is 2. The van der Waals surface area contributed by atoms with Gasteiger partial charge in [-0.05, 0) is 46.5 Å². The minimum atomic E-state index is 0.0355. The van der Waals surface area contributed by atoms with Crippen molar-refractivity contribution in [3.63, 3.8) is 0 Å². The second kappa shape index (κ2) is 5.93. The van der Waals surface area contributed by atoms with Crippen LogP contribution in [-0.4, -0.2) is 36.9 Å². The van der Waals surface area contributed by atoms with E-state index >= 15 is 0 Å². The summed E-state index contributed by atoms with van der Waals surface area (Å²) in [6, 6.07) is 5.42. The van der Waals surface area contributed by atoms with Crippen LogP contribution in [0.15, 0.2) is 22.7 Å². The molecule has 0 saturated carbocycles. The summed E-state index contributed by atoms with van der Waals surface area (Å²) in [5, 5.41) is 0. The normalized spacial score (nSPS) is 19.1. The molecule has 1 aliphatic rings. The van der Waals surface area contributed by atoms with Crippen molar-refractivity contribution < 1.29 is 9.53 Å². The van der Waals surface area contributed by atoms with Crippen molar-refractivity contribution in [1.82, 2.24) is 4.90 Å². The van der Waals surface area contributed by atoms with E-state index in [1.54, 1.807) is 13.2 Å². The standard InChI is InChI=1S/C13H15BrClNO2/c1-18-10-2-3-12(14)11(6-10)13(17)16-5-4-9(7-15)8-16/h2-3,6,9H,4-5,7-8H2,1H3. The first-order valence-electron chi connectivity index (χ1n) is 5.84. The van der Waals surface area contributed by atoms with Crippen LogP contribution in [0.2, 0.25) is 0 Å². The first-order valence-corrected chi connectivity index (χ1v) is 7.17. The van der Waals surface area contributed by atoms with E-state index in [2.05, 4.69) is 15.9 Å². The van der Waals surface area contributed by atoms with Gasteiger partial charge in [-0.15, -0.1) is 11.6 Å². The zero-order valence-electron chi connectivity index (χ0n) is 10.2. The van der Waals surface area contributed by atoms with Crippen molar-refractivity contribution >= 4 is 33.4 Å².